The lowest BCUT2D eigenvalue weighted by Crippen LogP contribution is -2.21. The van der Waals surface area contributed by atoms with E-state index in [-0.39, 0.29) is 22.5 Å². The van der Waals surface area contributed by atoms with Crippen molar-refractivity contribution in [2.75, 3.05) is 5.32 Å². The van der Waals surface area contributed by atoms with Gasteiger partial charge in [-0.05, 0) is 45.4 Å². The van der Waals surface area contributed by atoms with Gasteiger partial charge in [-0.2, -0.15) is 5.10 Å². The van der Waals surface area contributed by atoms with Gasteiger partial charge in [0.1, 0.15) is 5.75 Å². The lowest BCUT2D eigenvalue weighted by Gasteiger charge is -2.18. The first-order valence-corrected chi connectivity index (χ1v) is 8.67. The number of carbonyl (C=O) groups excluding carboxylic acids is 1. The van der Waals surface area contributed by atoms with Crippen molar-refractivity contribution < 1.29 is 9.53 Å². The van der Waals surface area contributed by atoms with Crippen LogP contribution < -0.4 is 10.1 Å². The molecule has 2 N–H and O–H groups in total. The van der Waals surface area contributed by atoms with Crippen LogP contribution in [0.1, 0.15) is 42.8 Å². The number of nitrogens with one attached hydrogen (secondary N) is 2. The third kappa shape index (κ3) is 3.22. The van der Waals surface area contributed by atoms with Gasteiger partial charge in [-0.25, -0.2) is 0 Å². The number of thioether (sulfide) groups is 1. The lowest BCUT2D eigenvalue weighted by molar-refractivity contribution is -0.115. The Labute approximate surface area is 140 Å². The van der Waals surface area contributed by atoms with Crippen LogP contribution in [0.3, 0.4) is 0 Å². The third-order valence-corrected chi connectivity index (χ3v) is 5.16. The Hall–Kier alpha value is -1.95. The minimum Gasteiger partial charge on any atom is -0.491 e. The molecule has 1 aliphatic rings. The second-order valence-corrected chi connectivity index (χ2v) is 7.44. The predicted octanol–water partition coefficient (Wildman–Crippen LogP) is 3.67. The molecule has 0 saturated heterocycles. The molecule has 2 atom stereocenters. The Morgan fingerprint density at radius 2 is 1.96 bits per heavy atom. The normalized spacial score (nSPS) is 20.8. The molecule has 0 fully saturated rings. The number of ether oxygens (including phenoxy) is 1. The van der Waals surface area contributed by atoms with Gasteiger partial charge in [0.2, 0.25) is 5.91 Å². The number of nitrogens with zero attached hydrogens (tertiary/aromatic N) is 1. The highest BCUT2D eigenvalue weighted by Gasteiger charge is 2.32. The molecule has 1 aromatic carbocycles. The van der Waals surface area contributed by atoms with Crippen molar-refractivity contribution in [2.45, 2.75) is 44.3 Å². The number of benzene rings is 1. The summed E-state index contributed by atoms with van der Waals surface area (Å²) >= 11 is 1.64. The minimum absolute atomic E-state index is 0.00925. The lowest BCUT2D eigenvalue weighted by atomic mass is 10.0. The topological polar surface area (TPSA) is 67.0 Å². The van der Waals surface area contributed by atoms with Crippen LogP contribution in [0, 0.1) is 6.92 Å². The maximum absolute atomic E-state index is 12.1. The first kappa shape index (κ1) is 15.9. The fourth-order valence-electron chi connectivity index (χ4n) is 2.64. The number of rotatable bonds is 3. The van der Waals surface area contributed by atoms with Gasteiger partial charge in [0.15, 0.2) is 5.82 Å². The van der Waals surface area contributed by atoms with Crippen LogP contribution in [-0.2, 0) is 4.79 Å². The van der Waals surface area contributed by atoms with Gasteiger partial charge in [-0.1, -0.05) is 12.1 Å². The van der Waals surface area contributed by atoms with Crippen LogP contribution in [0.4, 0.5) is 5.82 Å². The van der Waals surface area contributed by atoms with E-state index in [1.807, 2.05) is 39.8 Å². The molecule has 1 aromatic heterocycles. The highest BCUT2D eigenvalue weighted by molar-refractivity contribution is 8.01. The maximum atomic E-state index is 12.1. The Morgan fingerprint density at radius 3 is 2.61 bits per heavy atom. The van der Waals surface area contributed by atoms with Crippen LogP contribution in [0.25, 0.3) is 0 Å². The van der Waals surface area contributed by atoms with E-state index in [0.29, 0.717) is 5.82 Å². The summed E-state index contributed by atoms with van der Waals surface area (Å²) in [6.45, 7) is 7.93. The molecule has 6 heteroatoms. The summed E-state index contributed by atoms with van der Waals surface area (Å²) in [7, 11) is 0. The van der Waals surface area contributed by atoms with Gasteiger partial charge in [0.05, 0.1) is 16.6 Å². The van der Waals surface area contributed by atoms with Gasteiger partial charge in [-0.3, -0.25) is 9.89 Å². The van der Waals surface area contributed by atoms with E-state index < -0.39 is 0 Å². The van der Waals surface area contributed by atoms with Crippen LogP contribution in [-0.4, -0.2) is 27.5 Å². The molecule has 5 nitrogen and oxygen atoms in total. The number of fused-ring (bicyclic) bond motifs is 1. The molecule has 23 heavy (non-hydrogen) atoms. The fourth-order valence-corrected chi connectivity index (χ4v) is 3.97. The van der Waals surface area contributed by atoms with Crippen molar-refractivity contribution >= 4 is 23.5 Å². The standard InChI is InChI=1S/C17H21N3O2S/c1-9(2)22-13-7-5-12(6-8-13)15-14-10(3)19-20-16(14)18-17(21)11(4)23-15/h5-9,11,15H,1-4H3,(H2,18,19,20,21)/t11-,15-/m0/s1. The number of carbonyl (C=O) groups is 1. The number of aryl methyl sites for hydroxylation is 1. The molecule has 3 rings (SSSR count). The van der Waals surface area contributed by atoms with Crippen LogP contribution >= 0.6 is 11.8 Å². The Kier molecular flexibility index (Phi) is 4.35. The van der Waals surface area contributed by atoms with E-state index in [1.54, 1.807) is 11.8 Å². The van der Waals surface area contributed by atoms with Gasteiger partial charge < -0.3 is 10.1 Å². The van der Waals surface area contributed by atoms with E-state index in [9.17, 15) is 4.79 Å². The largest absolute Gasteiger partial charge is 0.491 e. The Morgan fingerprint density at radius 1 is 1.26 bits per heavy atom. The number of aromatic amines is 1. The van der Waals surface area contributed by atoms with Crippen molar-refractivity contribution in [3.05, 3.63) is 41.1 Å². The number of anilines is 1. The zero-order chi connectivity index (χ0) is 16.6. The molecule has 1 amide bonds. The SMILES string of the molecule is Cc1[nH]nc2c1[C@H](c1ccc(OC(C)C)cc1)S[C@@H](C)C(=O)N2. The van der Waals surface area contributed by atoms with E-state index in [1.165, 1.54) is 0 Å². The van der Waals surface area contributed by atoms with Gasteiger partial charge in [-0.15, -0.1) is 11.8 Å². The van der Waals surface area contributed by atoms with E-state index >= 15 is 0 Å². The summed E-state index contributed by atoms with van der Waals surface area (Å²) in [6.07, 6.45) is 0.151. The van der Waals surface area contributed by atoms with Gasteiger partial charge in [0, 0.05) is 11.3 Å². The van der Waals surface area contributed by atoms with E-state index in [2.05, 4.69) is 27.6 Å². The smallest absolute Gasteiger partial charge is 0.238 e. The zero-order valence-electron chi connectivity index (χ0n) is 13.7. The molecule has 0 aliphatic carbocycles. The predicted molar refractivity (Wildman–Crippen MR) is 93.1 cm³/mol. The number of hydrogen-bond donors (Lipinski definition) is 2. The number of aromatic nitrogens is 2. The molecule has 1 aliphatic heterocycles. The summed E-state index contributed by atoms with van der Waals surface area (Å²) in [4.78, 5) is 12.1. The van der Waals surface area contributed by atoms with Crippen LogP contribution in [0.2, 0.25) is 0 Å². The summed E-state index contributed by atoms with van der Waals surface area (Å²) in [5.41, 5.74) is 3.17. The monoisotopic (exact) mass is 331 g/mol. The third-order valence-electron chi connectivity index (χ3n) is 3.76. The Balaban J connectivity index is 1.97. The van der Waals surface area contributed by atoms with Crippen molar-refractivity contribution in [3.63, 3.8) is 0 Å². The zero-order valence-corrected chi connectivity index (χ0v) is 14.5. The maximum Gasteiger partial charge on any atom is 0.238 e. The molecule has 0 radical (unpaired) electrons. The molecular weight excluding hydrogens is 310 g/mol. The summed E-state index contributed by atoms with van der Waals surface area (Å²) in [5.74, 6) is 1.48. The quantitative estimate of drug-likeness (QED) is 0.900. The summed E-state index contributed by atoms with van der Waals surface area (Å²) in [5, 5.41) is 10.0. The molecule has 0 bridgehead atoms. The van der Waals surface area contributed by atoms with Gasteiger partial charge in [0.25, 0.3) is 0 Å². The van der Waals surface area contributed by atoms with Crippen molar-refractivity contribution in [1.82, 2.24) is 10.2 Å². The molecule has 0 spiro atoms. The minimum atomic E-state index is -0.139. The van der Waals surface area contributed by atoms with Crippen LogP contribution in [0.5, 0.6) is 5.75 Å². The highest BCUT2D eigenvalue weighted by atomic mass is 32.2. The molecule has 0 saturated carbocycles. The van der Waals surface area contributed by atoms with Crippen molar-refractivity contribution in [1.29, 1.82) is 0 Å². The number of H-pyrrole nitrogens is 1. The summed E-state index contributed by atoms with van der Waals surface area (Å²) in [6, 6.07) is 8.09. The fraction of sp³-hybridized carbons (Fsp3) is 0.412. The number of amides is 1. The Bertz CT molecular complexity index is 709. The second-order valence-electron chi connectivity index (χ2n) is 5.99. The first-order valence-electron chi connectivity index (χ1n) is 7.73. The van der Waals surface area contributed by atoms with Crippen molar-refractivity contribution in [2.24, 2.45) is 0 Å². The summed E-state index contributed by atoms with van der Waals surface area (Å²) < 4.78 is 5.71. The van der Waals surface area contributed by atoms with E-state index in [0.717, 1.165) is 22.6 Å². The highest BCUT2D eigenvalue weighted by Crippen LogP contribution is 2.44. The molecule has 2 heterocycles. The molecular formula is C17H21N3O2S. The molecule has 2 aromatic rings. The molecule has 0 unspecified atom stereocenters. The van der Waals surface area contributed by atoms with Crippen LogP contribution in [0.15, 0.2) is 24.3 Å². The van der Waals surface area contributed by atoms with E-state index in [4.69, 9.17) is 4.74 Å². The average molecular weight is 331 g/mol. The molecule has 122 valence electrons. The number of hydrogen-bond acceptors (Lipinski definition) is 4. The first-order chi connectivity index (χ1) is 11.0. The average Bonchev–Trinajstić information content (AvgIpc) is 2.79. The van der Waals surface area contributed by atoms with Gasteiger partial charge >= 0.3 is 0 Å². The second kappa shape index (κ2) is 6.28. The van der Waals surface area contributed by atoms with Crippen molar-refractivity contribution in [3.8, 4) is 5.75 Å².